The molecule has 0 aliphatic carbocycles. The fraction of sp³-hybridized carbons (Fsp3) is 0.290. The molecule has 10 rings (SSSR count). The Kier molecular flexibility index (Phi) is 18.1. The Labute approximate surface area is 501 Å². The third-order valence-corrected chi connectivity index (χ3v) is 19.1. The topological polar surface area (TPSA) is 204 Å². The van der Waals surface area contributed by atoms with Crippen LogP contribution in [0, 0.1) is 25.7 Å². The summed E-state index contributed by atoms with van der Waals surface area (Å²) in [7, 11) is -8.53. The van der Waals surface area contributed by atoms with Gasteiger partial charge in [-0.25, -0.2) is 26.3 Å². The van der Waals surface area contributed by atoms with E-state index in [0.717, 1.165) is 47.6 Å². The number of likely N-dealkylation sites (tertiary alicyclic amines) is 2. The van der Waals surface area contributed by atoms with E-state index in [0.29, 0.717) is 24.0 Å². The highest BCUT2D eigenvalue weighted by atomic mass is 32.2. The first-order valence-corrected chi connectivity index (χ1v) is 31.3. The minimum Gasteiger partial charge on any atom is -0.338 e. The molecular formula is C62H56F6N4O12S3. The van der Waals surface area contributed by atoms with Gasteiger partial charge in [0.15, 0.2) is 11.5 Å². The smallest absolute Gasteiger partial charge is 0.338 e. The summed E-state index contributed by atoms with van der Waals surface area (Å²) in [4.78, 5) is 76.3. The second-order valence-corrected chi connectivity index (χ2v) is 25.8. The third kappa shape index (κ3) is 14.2. The van der Waals surface area contributed by atoms with E-state index in [1.54, 1.807) is 38.1 Å². The number of amides is 4. The lowest BCUT2D eigenvalue weighted by Crippen LogP contribution is -2.46. The fourth-order valence-electron chi connectivity index (χ4n) is 10.8. The molecule has 4 heterocycles. The van der Waals surface area contributed by atoms with Crippen molar-refractivity contribution in [3.05, 3.63) is 166 Å². The van der Waals surface area contributed by atoms with Crippen molar-refractivity contribution in [2.45, 2.75) is 84.3 Å². The van der Waals surface area contributed by atoms with Crippen molar-refractivity contribution in [1.29, 1.82) is 0 Å². The Hall–Kier alpha value is -7.97. The van der Waals surface area contributed by atoms with Crippen LogP contribution in [0.3, 0.4) is 0 Å². The predicted molar refractivity (Wildman–Crippen MR) is 308 cm³/mol. The van der Waals surface area contributed by atoms with Gasteiger partial charge < -0.3 is 19.6 Å². The molecule has 0 bridgehead atoms. The monoisotopic (exact) mass is 1260 g/mol. The van der Waals surface area contributed by atoms with Crippen molar-refractivity contribution in [3.8, 4) is 33.8 Å². The first-order valence-electron chi connectivity index (χ1n) is 27.6. The first kappa shape index (κ1) is 62.1. The summed E-state index contributed by atoms with van der Waals surface area (Å²) in [6.45, 7) is 3.48. The number of alkyl halides is 6. The quantitative estimate of drug-likeness (QED) is 0.0593. The van der Waals surface area contributed by atoms with Crippen LogP contribution in [0.1, 0.15) is 70.2 Å². The van der Waals surface area contributed by atoms with Crippen molar-refractivity contribution in [2.24, 2.45) is 11.8 Å². The number of hydrogen-bond donors (Lipinski definition) is 2. The molecule has 4 aliphatic heterocycles. The highest BCUT2D eigenvalue weighted by Gasteiger charge is 2.42. The van der Waals surface area contributed by atoms with Gasteiger partial charge in [0.25, 0.3) is 20.0 Å². The molecule has 2 saturated heterocycles. The summed E-state index contributed by atoms with van der Waals surface area (Å²) in [5.74, 6) is -4.58. The second-order valence-electron chi connectivity index (χ2n) is 21.3. The van der Waals surface area contributed by atoms with Crippen molar-refractivity contribution >= 4 is 67.6 Å². The van der Waals surface area contributed by atoms with E-state index >= 15 is 26.3 Å². The van der Waals surface area contributed by atoms with Gasteiger partial charge >= 0.3 is 12.4 Å². The van der Waals surface area contributed by atoms with Gasteiger partial charge in [0.05, 0.1) is 46.0 Å². The van der Waals surface area contributed by atoms with E-state index in [9.17, 15) is 36.0 Å². The Morgan fingerprint density at radius 2 is 0.943 bits per heavy atom. The largest absolute Gasteiger partial charge is 0.418 e. The van der Waals surface area contributed by atoms with E-state index in [1.165, 1.54) is 82.6 Å². The average Bonchev–Trinajstić information content (AvgIpc) is 0.958. The summed E-state index contributed by atoms with van der Waals surface area (Å²) < 4.78 is 153. The number of rotatable bonds is 14. The highest BCUT2D eigenvalue weighted by Crippen LogP contribution is 2.52. The normalized spacial score (nSPS) is 17.5. The molecule has 4 amide bonds. The molecule has 2 unspecified atom stereocenters. The molecule has 0 spiro atoms. The maximum atomic E-state index is 16.1. The Balaban J connectivity index is 0.993. The van der Waals surface area contributed by atoms with E-state index in [2.05, 4.69) is 9.44 Å². The van der Waals surface area contributed by atoms with Gasteiger partial charge in [-0.2, -0.15) is 36.1 Å². The van der Waals surface area contributed by atoms with E-state index in [4.69, 9.17) is 19.6 Å². The molecule has 0 radical (unpaired) electrons. The van der Waals surface area contributed by atoms with Crippen molar-refractivity contribution < 1.29 is 81.9 Å². The van der Waals surface area contributed by atoms with Gasteiger partial charge in [-0.3, -0.25) is 19.2 Å². The number of aryl methyl sites for hydroxylation is 2. The number of piperidine rings is 2. The summed E-state index contributed by atoms with van der Waals surface area (Å²) >= 11 is 0.204. The summed E-state index contributed by atoms with van der Waals surface area (Å²) in [5, 5.41) is 0. The van der Waals surface area contributed by atoms with Crippen LogP contribution in [0.25, 0.3) is 34.4 Å². The molecule has 0 aromatic heterocycles. The Morgan fingerprint density at radius 3 is 1.32 bits per heavy atom. The number of carbonyl (C=O) groups is 4. The minimum absolute atomic E-state index is 0.0271. The number of nitrogens with zero attached hydrogens (tertiary/aromatic N) is 2. The first-order chi connectivity index (χ1) is 41.3. The lowest BCUT2D eigenvalue weighted by atomic mass is 9.91. The molecule has 16 nitrogen and oxygen atoms in total. The summed E-state index contributed by atoms with van der Waals surface area (Å²) in [5.41, 5.74) is -1.51. The van der Waals surface area contributed by atoms with Gasteiger partial charge in [0.2, 0.25) is 23.6 Å². The molecule has 2 atom stereocenters. The zero-order valence-corrected chi connectivity index (χ0v) is 49.1. The van der Waals surface area contributed by atoms with Crippen LogP contribution in [0.5, 0.6) is 11.5 Å². The molecule has 87 heavy (non-hydrogen) atoms. The van der Waals surface area contributed by atoms with Crippen molar-refractivity contribution in [1.82, 2.24) is 19.2 Å². The van der Waals surface area contributed by atoms with E-state index in [1.807, 2.05) is 0 Å². The molecule has 6 aromatic carbocycles. The minimum atomic E-state index is -5.26. The molecule has 2 fully saturated rings. The van der Waals surface area contributed by atoms with Gasteiger partial charge in [0.1, 0.15) is 0 Å². The molecule has 456 valence electrons. The molecule has 2 N–H and O–H groups in total. The van der Waals surface area contributed by atoms with Gasteiger partial charge in [0, 0.05) is 83.2 Å². The number of benzene rings is 6. The molecule has 0 saturated carbocycles. The molecule has 4 aliphatic rings. The van der Waals surface area contributed by atoms with Crippen molar-refractivity contribution in [2.75, 3.05) is 39.4 Å². The summed E-state index contributed by atoms with van der Waals surface area (Å²) in [6, 6.07) is 24.5. The SMILES string of the molecule is Cc1ccc(S(=O)(=O)NC(=O)C2CCCN(C(=O)/C=C/c3ccc(Sc4ccc(/C=C/C(=O)N5CCCC(C(=O)NS(=O)(=O)c6ccc(C)cc6)C5)c(-c5ccc6c(c5)CCOO6)c4C(F)(F)F)c(C(F)(F)F)c3-c3ccc4c(c3)CCOO4)C2)cc1. The standard InChI is InChI=1S/C62H56F6N4O12S3/c1-37-7-17-47(18-8-37)86(77,78)69-59(75)45-5-3-29-71(35-45)53(73)25-15-39-13-23-51(57(61(63,64)65)55(39)43-11-21-49-41(33-43)27-31-81-83-49)85-52-24-14-40(56(58(52)62(66,67)68)44-12-22-50-42(34-44)28-32-82-84-50)16-26-54(74)72-30-4-6-46(36-72)60(76)70-87(79,80)48-19-9-38(2)10-20-48/h7-26,33-34,45-46H,3-6,27-32,35-36H2,1-2H3,(H,69,75)(H,70,76)/b25-15+,26-16+. The van der Waals surface area contributed by atoms with Crippen LogP contribution >= 0.6 is 11.8 Å². The lowest BCUT2D eigenvalue weighted by molar-refractivity contribution is -0.215. The van der Waals surface area contributed by atoms with Crippen LogP contribution in [0.2, 0.25) is 0 Å². The molecule has 6 aromatic rings. The van der Waals surface area contributed by atoms with Gasteiger partial charge in [-0.05, 0) is 135 Å². The van der Waals surface area contributed by atoms with Gasteiger partial charge in [-0.1, -0.05) is 71.4 Å². The third-order valence-electron chi connectivity index (χ3n) is 15.2. The highest BCUT2D eigenvalue weighted by molar-refractivity contribution is 7.99. The fourth-order valence-corrected chi connectivity index (χ4v) is 14.0. The predicted octanol–water partition coefficient (Wildman–Crippen LogP) is 11.1. The average molecular weight is 1260 g/mol. The number of fused-ring (bicyclic) bond motifs is 2. The number of sulfonamides is 2. The van der Waals surface area contributed by atoms with Crippen molar-refractivity contribution in [3.63, 3.8) is 0 Å². The zero-order chi connectivity index (χ0) is 62.0. The maximum absolute atomic E-state index is 16.1. The Morgan fingerprint density at radius 1 is 0.552 bits per heavy atom. The number of hydrogen-bond acceptors (Lipinski definition) is 13. The number of nitrogens with one attached hydrogen (secondary N) is 2. The zero-order valence-electron chi connectivity index (χ0n) is 46.6. The number of halogens is 6. The van der Waals surface area contributed by atoms with Crippen LogP contribution < -0.4 is 19.2 Å². The number of carbonyl (C=O) groups excluding carboxylic acids is 4. The molecular weight excluding hydrogens is 1200 g/mol. The Bertz CT molecular complexity index is 3720. The van der Waals surface area contributed by atoms with Crippen LogP contribution in [0.4, 0.5) is 26.3 Å². The summed E-state index contributed by atoms with van der Waals surface area (Å²) in [6.07, 6.45) is -4.69. The van der Waals surface area contributed by atoms with Crippen LogP contribution in [-0.4, -0.2) is 89.7 Å². The molecule has 25 heteroatoms. The van der Waals surface area contributed by atoms with E-state index < -0.39 is 99.9 Å². The maximum Gasteiger partial charge on any atom is 0.418 e. The lowest BCUT2D eigenvalue weighted by Gasteiger charge is -2.31. The van der Waals surface area contributed by atoms with Gasteiger partial charge in [-0.15, -0.1) is 0 Å². The second kappa shape index (κ2) is 25.4. The van der Waals surface area contributed by atoms with Crippen LogP contribution in [0.15, 0.2) is 141 Å². The van der Waals surface area contributed by atoms with E-state index in [-0.39, 0.29) is 120 Å². The van der Waals surface area contributed by atoms with Crippen LogP contribution in [-0.2, 0) is 74.2 Å².